The number of hydrogen-bond donors (Lipinski definition) is 1. The minimum Gasteiger partial charge on any atom is -0.329 e. The maximum absolute atomic E-state index is 11.8. The average Bonchev–Trinajstić information content (AvgIpc) is 2.57. The van der Waals surface area contributed by atoms with Gasteiger partial charge in [0.2, 0.25) is 0 Å². The first-order valence-electron chi connectivity index (χ1n) is 6.03. The summed E-state index contributed by atoms with van der Waals surface area (Å²) in [5.74, 6) is 0. The largest absolute Gasteiger partial charge is 0.329 e. The molecule has 1 heterocycles. The summed E-state index contributed by atoms with van der Waals surface area (Å²) >= 11 is 0. The Morgan fingerprint density at radius 3 is 2.40 bits per heavy atom. The van der Waals surface area contributed by atoms with Crippen LogP contribution < -0.4 is 5.73 Å². The normalized spacial score (nSPS) is 16.5. The molecule has 2 amide bonds. The average molecular weight is 213 g/mol. The van der Waals surface area contributed by atoms with Crippen molar-refractivity contribution in [1.82, 2.24) is 9.80 Å². The maximum Gasteiger partial charge on any atom is 0.320 e. The Labute approximate surface area is 92.4 Å². The molecule has 0 aliphatic carbocycles. The molecular weight excluding hydrogens is 190 g/mol. The lowest BCUT2D eigenvalue weighted by atomic mass is 10.2. The van der Waals surface area contributed by atoms with Crippen molar-refractivity contribution < 1.29 is 4.79 Å². The molecule has 0 atom stereocenters. The van der Waals surface area contributed by atoms with Gasteiger partial charge in [-0.15, -0.1) is 0 Å². The van der Waals surface area contributed by atoms with Gasteiger partial charge in [-0.2, -0.15) is 0 Å². The smallest absolute Gasteiger partial charge is 0.320 e. The van der Waals surface area contributed by atoms with E-state index < -0.39 is 0 Å². The van der Waals surface area contributed by atoms with Crippen LogP contribution in [-0.4, -0.2) is 48.6 Å². The molecule has 0 spiro atoms. The van der Waals surface area contributed by atoms with Crippen molar-refractivity contribution in [3.05, 3.63) is 0 Å². The molecule has 2 N–H and O–H groups in total. The second-order valence-corrected chi connectivity index (χ2v) is 4.11. The zero-order chi connectivity index (χ0) is 11.1. The van der Waals surface area contributed by atoms with Crippen molar-refractivity contribution >= 4 is 6.03 Å². The molecule has 0 saturated carbocycles. The van der Waals surface area contributed by atoms with E-state index in [1.807, 2.05) is 9.80 Å². The highest BCUT2D eigenvalue weighted by molar-refractivity contribution is 5.76. The SMILES string of the molecule is CCCCCCN1CCN(CCN)C1=O. The minimum absolute atomic E-state index is 0.178. The van der Waals surface area contributed by atoms with Gasteiger partial charge >= 0.3 is 6.03 Å². The van der Waals surface area contributed by atoms with Crippen LogP contribution in [0, 0.1) is 0 Å². The van der Waals surface area contributed by atoms with Crippen LogP contribution >= 0.6 is 0 Å². The van der Waals surface area contributed by atoms with Crippen LogP contribution in [0.5, 0.6) is 0 Å². The molecule has 1 aliphatic heterocycles. The van der Waals surface area contributed by atoms with Gasteiger partial charge in [0.05, 0.1) is 0 Å². The minimum atomic E-state index is 0.178. The zero-order valence-corrected chi connectivity index (χ0v) is 9.74. The Balaban J connectivity index is 2.18. The van der Waals surface area contributed by atoms with Crippen molar-refractivity contribution in [3.63, 3.8) is 0 Å². The number of carbonyl (C=O) groups is 1. The first-order chi connectivity index (χ1) is 7.29. The molecule has 1 saturated heterocycles. The number of rotatable bonds is 7. The van der Waals surface area contributed by atoms with Gasteiger partial charge in [-0.05, 0) is 6.42 Å². The van der Waals surface area contributed by atoms with Gasteiger partial charge in [0.15, 0.2) is 0 Å². The Morgan fingerprint density at radius 2 is 1.80 bits per heavy atom. The van der Waals surface area contributed by atoms with Crippen molar-refractivity contribution in [3.8, 4) is 0 Å². The van der Waals surface area contributed by atoms with Crippen LogP contribution in [0.4, 0.5) is 4.79 Å². The number of nitrogens with two attached hydrogens (primary N) is 1. The number of urea groups is 1. The van der Waals surface area contributed by atoms with E-state index in [-0.39, 0.29) is 6.03 Å². The third-order valence-electron chi connectivity index (χ3n) is 2.86. The fourth-order valence-corrected chi connectivity index (χ4v) is 1.93. The molecule has 0 aromatic rings. The van der Waals surface area contributed by atoms with Crippen LogP contribution in [-0.2, 0) is 0 Å². The molecule has 1 fully saturated rings. The predicted molar refractivity (Wildman–Crippen MR) is 61.7 cm³/mol. The summed E-state index contributed by atoms with van der Waals surface area (Å²) in [7, 11) is 0. The summed E-state index contributed by atoms with van der Waals surface area (Å²) in [6, 6.07) is 0.178. The molecule has 1 aliphatic rings. The summed E-state index contributed by atoms with van der Waals surface area (Å²) in [5.41, 5.74) is 5.44. The molecule has 4 heteroatoms. The fraction of sp³-hybridized carbons (Fsp3) is 0.909. The predicted octanol–water partition coefficient (Wildman–Crippen LogP) is 1.26. The highest BCUT2D eigenvalue weighted by Crippen LogP contribution is 2.10. The molecule has 0 aromatic carbocycles. The Kier molecular flexibility index (Phi) is 5.47. The van der Waals surface area contributed by atoms with E-state index in [1.54, 1.807) is 0 Å². The maximum atomic E-state index is 11.8. The lowest BCUT2D eigenvalue weighted by molar-refractivity contribution is 0.192. The number of nitrogens with zero attached hydrogens (tertiary/aromatic N) is 2. The second-order valence-electron chi connectivity index (χ2n) is 4.11. The third-order valence-corrected chi connectivity index (χ3v) is 2.86. The van der Waals surface area contributed by atoms with E-state index in [9.17, 15) is 4.79 Å². The van der Waals surface area contributed by atoms with Gasteiger partial charge in [-0.1, -0.05) is 26.2 Å². The lowest BCUT2D eigenvalue weighted by Crippen LogP contribution is -2.35. The molecule has 15 heavy (non-hydrogen) atoms. The quantitative estimate of drug-likeness (QED) is 0.647. The van der Waals surface area contributed by atoms with Crippen molar-refractivity contribution in [2.75, 3.05) is 32.7 Å². The van der Waals surface area contributed by atoms with Gasteiger partial charge in [-0.3, -0.25) is 0 Å². The van der Waals surface area contributed by atoms with E-state index in [4.69, 9.17) is 5.73 Å². The number of amides is 2. The topological polar surface area (TPSA) is 49.6 Å². The zero-order valence-electron chi connectivity index (χ0n) is 9.74. The molecule has 0 radical (unpaired) electrons. The standard InChI is InChI=1S/C11H23N3O/c1-2-3-4-5-7-13-9-10-14(8-6-12)11(13)15/h2-10,12H2,1H3. The van der Waals surface area contributed by atoms with Gasteiger partial charge in [0.1, 0.15) is 0 Å². The van der Waals surface area contributed by atoms with E-state index in [2.05, 4.69) is 6.92 Å². The Bertz CT molecular complexity index is 196. The van der Waals surface area contributed by atoms with Crippen molar-refractivity contribution in [2.45, 2.75) is 32.6 Å². The number of carbonyl (C=O) groups excluding carboxylic acids is 1. The summed E-state index contributed by atoms with van der Waals surface area (Å²) in [6.45, 7) is 6.11. The van der Waals surface area contributed by atoms with Crippen LogP contribution in [0.1, 0.15) is 32.6 Å². The van der Waals surface area contributed by atoms with E-state index >= 15 is 0 Å². The molecule has 0 aromatic heterocycles. The van der Waals surface area contributed by atoms with E-state index in [1.165, 1.54) is 19.3 Å². The molecule has 4 nitrogen and oxygen atoms in total. The first-order valence-corrected chi connectivity index (χ1v) is 6.03. The highest BCUT2D eigenvalue weighted by Gasteiger charge is 2.26. The van der Waals surface area contributed by atoms with Gasteiger partial charge in [-0.25, -0.2) is 4.79 Å². The highest BCUT2D eigenvalue weighted by atomic mass is 16.2. The summed E-state index contributed by atoms with van der Waals surface area (Å²) in [5, 5.41) is 0. The first kappa shape index (κ1) is 12.3. The molecule has 0 unspecified atom stereocenters. The van der Waals surface area contributed by atoms with Gasteiger partial charge < -0.3 is 15.5 Å². The summed E-state index contributed by atoms with van der Waals surface area (Å²) < 4.78 is 0. The van der Waals surface area contributed by atoms with Crippen molar-refractivity contribution in [1.29, 1.82) is 0 Å². The Hall–Kier alpha value is -0.770. The van der Waals surface area contributed by atoms with Crippen LogP contribution in [0.2, 0.25) is 0 Å². The van der Waals surface area contributed by atoms with Gasteiger partial charge in [0, 0.05) is 32.7 Å². The van der Waals surface area contributed by atoms with Crippen LogP contribution in [0.25, 0.3) is 0 Å². The van der Waals surface area contributed by atoms with E-state index in [0.29, 0.717) is 13.1 Å². The lowest BCUT2D eigenvalue weighted by Gasteiger charge is -2.17. The van der Waals surface area contributed by atoms with E-state index in [0.717, 1.165) is 26.1 Å². The second kappa shape index (κ2) is 6.67. The molecule has 0 bridgehead atoms. The number of hydrogen-bond acceptors (Lipinski definition) is 2. The molecule has 1 rings (SSSR count). The van der Waals surface area contributed by atoms with Gasteiger partial charge in [0.25, 0.3) is 0 Å². The van der Waals surface area contributed by atoms with Crippen LogP contribution in [0.15, 0.2) is 0 Å². The van der Waals surface area contributed by atoms with Crippen LogP contribution in [0.3, 0.4) is 0 Å². The Morgan fingerprint density at radius 1 is 1.13 bits per heavy atom. The summed E-state index contributed by atoms with van der Waals surface area (Å²) in [4.78, 5) is 15.6. The molecular formula is C11H23N3O. The monoisotopic (exact) mass is 213 g/mol. The fourth-order valence-electron chi connectivity index (χ4n) is 1.93. The van der Waals surface area contributed by atoms with Crippen molar-refractivity contribution in [2.24, 2.45) is 5.73 Å². The molecule has 88 valence electrons. The summed E-state index contributed by atoms with van der Waals surface area (Å²) in [6.07, 6.45) is 4.88. The third kappa shape index (κ3) is 3.70. The number of unbranched alkanes of at least 4 members (excludes halogenated alkanes) is 3.